The number of amides is 1. The van der Waals surface area contributed by atoms with E-state index in [1.165, 1.54) is 12.1 Å². The second kappa shape index (κ2) is 8.78. The quantitative estimate of drug-likeness (QED) is 0.590. The Morgan fingerprint density at radius 2 is 2.03 bits per heavy atom. The minimum absolute atomic E-state index is 0.00781. The minimum Gasteiger partial charge on any atom is -0.367 e. The van der Waals surface area contributed by atoms with E-state index in [0.29, 0.717) is 18.5 Å². The molecule has 2 aromatic rings. The first-order valence-electron chi connectivity index (χ1n) is 11.0. The zero-order chi connectivity index (χ0) is 23.0. The van der Waals surface area contributed by atoms with Gasteiger partial charge in [0.15, 0.2) is 0 Å². The molecule has 3 rings (SSSR count). The average Bonchev–Trinajstić information content (AvgIpc) is 2.63. The van der Waals surface area contributed by atoms with Crippen LogP contribution in [0.2, 0.25) is 0 Å². The number of carbonyl (C=O) groups is 1. The van der Waals surface area contributed by atoms with Gasteiger partial charge in [0.2, 0.25) is 5.91 Å². The van der Waals surface area contributed by atoms with Gasteiger partial charge in [0.25, 0.3) is 0 Å². The Labute approximate surface area is 180 Å². The Hall–Kier alpha value is -2.01. The highest BCUT2D eigenvalue weighted by atomic mass is 32.2. The topological polar surface area (TPSA) is 32.3 Å². The van der Waals surface area contributed by atoms with E-state index in [1.807, 2.05) is 44.7 Å². The summed E-state index contributed by atoms with van der Waals surface area (Å²) in [6.45, 7) is 10.8. The predicted molar refractivity (Wildman–Crippen MR) is 121 cm³/mol. The monoisotopic (exact) mass is 416 g/mol. The molecule has 0 spiro atoms. The van der Waals surface area contributed by atoms with E-state index in [4.69, 9.17) is 2.74 Å². The standard InChI is InChI=1S/C24H31FN2OS/c1-6-29-21-13-20(11-16(2)23(21)26-22(28)14-24(3,4)5)27-10-9-17-12-19(25)8-7-18(17)15-27/h7-8,11-13H,6,9-10,14-15H2,1-5H3,(H,26,28)/i9D2. The first-order valence-corrected chi connectivity index (χ1v) is 11.0. The average molecular weight is 417 g/mol. The van der Waals surface area contributed by atoms with Gasteiger partial charge in [-0.25, -0.2) is 4.39 Å². The summed E-state index contributed by atoms with van der Waals surface area (Å²) in [6.07, 6.45) is -1.22. The molecule has 0 saturated carbocycles. The largest absolute Gasteiger partial charge is 0.367 e. The molecule has 0 fully saturated rings. The number of halogens is 1. The molecule has 0 saturated heterocycles. The van der Waals surface area contributed by atoms with Gasteiger partial charge in [-0.15, -0.1) is 11.8 Å². The number of hydrogen-bond acceptors (Lipinski definition) is 3. The summed E-state index contributed by atoms with van der Waals surface area (Å²) < 4.78 is 30.7. The van der Waals surface area contributed by atoms with Gasteiger partial charge in [-0.3, -0.25) is 4.79 Å². The zero-order valence-electron chi connectivity index (χ0n) is 19.9. The van der Waals surface area contributed by atoms with E-state index in [1.54, 1.807) is 17.8 Å². The van der Waals surface area contributed by atoms with Crippen LogP contribution >= 0.6 is 11.8 Å². The van der Waals surface area contributed by atoms with E-state index >= 15 is 0 Å². The van der Waals surface area contributed by atoms with Crippen molar-refractivity contribution >= 4 is 29.0 Å². The molecule has 1 amide bonds. The fourth-order valence-corrected chi connectivity index (χ4v) is 4.36. The summed E-state index contributed by atoms with van der Waals surface area (Å²) in [5.74, 6) is 0.434. The maximum Gasteiger partial charge on any atom is 0.224 e. The van der Waals surface area contributed by atoms with Crippen molar-refractivity contribution in [3.8, 4) is 0 Å². The molecule has 1 heterocycles. The van der Waals surface area contributed by atoms with Crippen LogP contribution in [0.1, 0.15) is 53.5 Å². The second-order valence-corrected chi connectivity index (χ2v) is 9.99. The molecule has 0 aromatic heterocycles. The lowest BCUT2D eigenvalue weighted by molar-refractivity contribution is -0.117. The number of aryl methyl sites for hydroxylation is 1. The Morgan fingerprint density at radius 1 is 1.28 bits per heavy atom. The number of nitrogens with one attached hydrogen (secondary N) is 1. The molecule has 0 bridgehead atoms. The number of hydrogen-bond donors (Lipinski definition) is 1. The fraction of sp³-hybridized carbons (Fsp3) is 0.458. The summed E-state index contributed by atoms with van der Waals surface area (Å²) in [6, 6.07) is 8.39. The Bertz CT molecular complexity index is 988. The number of benzene rings is 2. The second-order valence-electron chi connectivity index (χ2n) is 8.69. The predicted octanol–water partition coefficient (Wildman–Crippen LogP) is 6.18. The number of nitrogens with zero attached hydrogens (tertiary/aromatic N) is 1. The van der Waals surface area contributed by atoms with Crippen molar-refractivity contribution in [2.24, 2.45) is 5.41 Å². The van der Waals surface area contributed by atoms with Gasteiger partial charge < -0.3 is 10.2 Å². The number of anilines is 2. The number of carbonyl (C=O) groups excluding carboxylic acids is 1. The third kappa shape index (κ3) is 5.53. The Morgan fingerprint density at radius 3 is 2.72 bits per heavy atom. The van der Waals surface area contributed by atoms with Gasteiger partial charge in [0, 0.05) is 32.8 Å². The van der Waals surface area contributed by atoms with Crippen LogP contribution in [0.25, 0.3) is 0 Å². The summed E-state index contributed by atoms with van der Waals surface area (Å²) in [7, 11) is 0. The maximum atomic E-state index is 13.7. The van der Waals surface area contributed by atoms with Crippen LogP contribution < -0.4 is 10.2 Å². The van der Waals surface area contributed by atoms with Crippen molar-refractivity contribution in [2.75, 3.05) is 22.5 Å². The third-order valence-corrected chi connectivity index (χ3v) is 5.72. The molecule has 2 aromatic carbocycles. The van der Waals surface area contributed by atoms with Crippen molar-refractivity contribution in [2.45, 2.75) is 58.9 Å². The normalized spacial score (nSPS) is 16.7. The molecule has 0 unspecified atom stereocenters. The lowest BCUT2D eigenvalue weighted by Gasteiger charge is -2.32. The molecule has 0 aliphatic carbocycles. The molecule has 5 heteroatoms. The molecule has 156 valence electrons. The lowest BCUT2D eigenvalue weighted by Crippen LogP contribution is -2.30. The van der Waals surface area contributed by atoms with E-state index in [-0.39, 0.29) is 17.9 Å². The van der Waals surface area contributed by atoms with Crippen LogP contribution in [0.15, 0.2) is 35.2 Å². The van der Waals surface area contributed by atoms with Gasteiger partial charge in [0.1, 0.15) is 5.82 Å². The molecular weight excluding hydrogens is 383 g/mol. The summed E-state index contributed by atoms with van der Waals surface area (Å²) in [4.78, 5) is 15.5. The Balaban J connectivity index is 1.94. The number of thioether (sulfide) groups is 1. The SMILES string of the molecule is [2H]C1([2H])CN(c2cc(C)c(NC(=O)CC(C)(C)C)c(SCC)c2)Cc2ccc(F)cc21. The molecule has 0 atom stereocenters. The molecular formula is C24H31FN2OS. The molecule has 1 aliphatic rings. The molecule has 29 heavy (non-hydrogen) atoms. The third-order valence-electron chi connectivity index (χ3n) is 4.80. The minimum atomic E-state index is -1.65. The summed E-state index contributed by atoms with van der Waals surface area (Å²) >= 11 is 1.66. The number of rotatable bonds is 5. The van der Waals surface area contributed by atoms with E-state index in [9.17, 15) is 9.18 Å². The zero-order valence-corrected chi connectivity index (χ0v) is 18.7. The van der Waals surface area contributed by atoms with Crippen LogP contribution in [0.4, 0.5) is 15.8 Å². The fourth-order valence-electron chi connectivity index (χ4n) is 3.49. The van der Waals surface area contributed by atoms with Gasteiger partial charge >= 0.3 is 0 Å². The van der Waals surface area contributed by atoms with Crippen LogP contribution in [-0.2, 0) is 17.7 Å². The van der Waals surface area contributed by atoms with Gasteiger partial charge in [0.05, 0.1) is 5.69 Å². The lowest BCUT2D eigenvalue weighted by atomic mass is 9.92. The van der Waals surface area contributed by atoms with Crippen LogP contribution in [0, 0.1) is 18.2 Å². The highest BCUT2D eigenvalue weighted by Gasteiger charge is 2.21. The van der Waals surface area contributed by atoms with E-state index in [0.717, 1.165) is 33.2 Å². The van der Waals surface area contributed by atoms with Crippen molar-refractivity contribution < 1.29 is 11.9 Å². The molecule has 3 nitrogen and oxygen atoms in total. The molecule has 1 aliphatic heterocycles. The maximum absolute atomic E-state index is 13.7. The van der Waals surface area contributed by atoms with Crippen LogP contribution in [0.5, 0.6) is 0 Å². The highest BCUT2D eigenvalue weighted by Crippen LogP contribution is 2.37. The first-order chi connectivity index (χ1) is 14.4. The molecule has 1 N–H and O–H groups in total. The van der Waals surface area contributed by atoms with Crippen molar-refractivity contribution in [1.82, 2.24) is 0 Å². The van der Waals surface area contributed by atoms with Crippen LogP contribution in [0.3, 0.4) is 0 Å². The van der Waals surface area contributed by atoms with E-state index < -0.39 is 12.2 Å². The van der Waals surface area contributed by atoms with Gasteiger partial charge in [-0.1, -0.05) is 33.8 Å². The smallest absolute Gasteiger partial charge is 0.224 e. The number of fused-ring (bicyclic) bond motifs is 1. The van der Waals surface area contributed by atoms with Gasteiger partial charge in [-0.2, -0.15) is 0 Å². The van der Waals surface area contributed by atoms with Crippen LogP contribution in [-0.4, -0.2) is 18.2 Å². The van der Waals surface area contributed by atoms with Gasteiger partial charge in [-0.05, 0) is 65.4 Å². The van der Waals surface area contributed by atoms with E-state index in [2.05, 4.69) is 12.2 Å². The first kappa shape index (κ1) is 19.0. The molecule has 0 radical (unpaired) electrons. The van der Waals surface area contributed by atoms with Crippen molar-refractivity contribution in [1.29, 1.82) is 0 Å². The van der Waals surface area contributed by atoms with Crippen molar-refractivity contribution in [3.63, 3.8) is 0 Å². The summed E-state index contributed by atoms with van der Waals surface area (Å²) in [5, 5.41) is 3.09. The van der Waals surface area contributed by atoms with Crippen molar-refractivity contribution in [3.05, 3.63) is 52.8 Å². The highest BCUT2D eigenvalue weighted by molar-refractivity contribution is 7.99. The Kier molecular flexibility index (Phi) is 5.75. The summed E-state index contributed by atoms with van der Waals surface area (Å²) in [5.41, 5.74) is 3.80.